The second-order valence-electron chi connectivity index (χ2n) is 6.11. The van der Waals surface area contributed by atoms with E-state index in [-0.39, 0.29) is 11.4 Å². The molecule has 1 aromatic carbocycles. The lowest BCUT2D eigenvalue weighted by molar-refractivity contribution is 0.163. The highest BCUT2D eigenvalue weighted by Gasteiger charge is 2.22. The number of carbonyl (C=O) groups is 1. The first kappa shape index (κ1) is 17.8. The molecular weight excluding hydrogens is 288 g/mol. The van der Waals surface area contributed by atoms with Crippen molar-refractivity contribution in [1.82, 2.24) is 10.2 Å². The van der Waals surface area contributed by atoms with E-state index < -0.39 is 6.10 Å². The number of aliphatic hydroxyl groups is 1. The minimum Gasteiger partial charge on any atom is -0.393 e. The zero-order valence-electron chi connectivity index (χ0n) is 13.2. The largest absolute Gasteiger partial charge is 0.393 e. The van der Waals surface area contributed by atoms with Gasteiger partial charge in [-0.3, -0.25) is 0 Å². The topological polar surface area (TPSA) is 52.6 Å². The quantitative estimate of drug-likeness (QED) is 0.848. The molecule has 0 fully saturated rings. The number of carbonyl (C=O) groups excluding carboxylic acids is 1. The van der Waals surface area contributed by atoms with Crippen LogP contribution in [0.15, 0.2) is 24.3 Å². The second-order valence-corrected chi connectivity index (χ2v) is 6.55. The Kier molecular flexibility index (Phi) is 6.49. The third-order valence-corrected chi connectivity index (χ3v) is 3.75. The van der Waals surface area contributed by atoms with Crippen molar-refractivity contribution in [2.75, 3.05) is 20.1 Å². The number of nitrogens with zero attached hydrogens (tertiary/aromatic N) is 1. The second kappa shape index (κ2) is 7.66. The first-order chi connectivity index (χ1) is 9.72. The average Bonchev–Trinajstić information content (AvgIpc) is 2.42. The van der Waals surface area contributed by atoms with Gasteiger partial charge < -0.3 is 15.3 Å². The van der Waals surface area contributed by atoms with Gasteiger partial charge in [0.05, 0.1) is 6.10 Å². The van der Waals surface area contributed by atoms with Crippen LogP contribution in [0.5, 0.6) is 0 Å². The van der Waals surface area contributed by atoms with Gasteiger partial charge in [-0.25, -0.2) is 4.79 Å². The number of nitrogens with one attached hydrogen (secondary N) is 1. The third kappa shape index (κ3) is 5.94. The summed E-state index contributed by atoms with van der Waals surface area (Å²) in [6.45, 7) is 6.89. The number of rotatable bonds is 6. The first-order valence-electron chi connectivity index (χ1n) is 7.15. The van der Waals surface area contributed by atoms with Crippen LogP contribution in [0.3, 0.4) is 0 Å². The molecule has 0 aliphatic heterocycles. The lowest BCUT2D eigenvalue weighted by atomic mass is 9.84. The lowest BCUT2D eigenvalue weighted by Crippen LogP contribution is -2.43. The lowest BCUT2D eigenvalue weighted by Gasteiger charge is -2.27. The number of amides is 2. The summed E-state index contributed by atoms with van der Waals surface area (Å²) in [5.74, 6) is 0. The van der Waals surface area contributed by atoms with Crippen LogP contribution in [0.1, 0.15) is 32.8 Å². The van der Waals surface area contributed by atoms with Crippen LogP contribution in [0.25, 0.3) is 0 Å². The number of hydrogen-bond acceptors (Lipinski definition) is 2. The molecule has 0 spiro atoms. The van der Waals surface area contributed by atoms with Gasteiger partial charge in [0.1, 0.15) is 0 Å². The molecule has 1 unspecified atom stereocenters. The van der Waals surface area contributed by atoms with E-state index in [9.17, 15) is 9.90 Å². The van der Waals surface area contributed by atoms with Gasteiger partial charge in [0.15, 0.2) is 0 Å². The van der Waals surface area contributed by atoms with Crippen molar-refractivity contribution in [2.45, 2.75) is 38.7 Å². The summed E-state index contributed by atoms with van der Waals surface area (Å²) in [4.78, 5) is 13.6. The van der Waals surface area contributed by atoms with E-state index in [1.54, 1.807) is 18.9 Å². The molecule has 0 radical (unpaired) electrons. The maximum atomic E-state index is 12.0. The molecule has 0 heterocycles. The van der Waals surface area contributed by atoms with Gasteiger partial charge in [0, 0.05) is 30.6 Å². The Hall–Kier alpha value is -1.26. The van der Waals surface area contributed by atoms with Crippen LogP contribution in [-0.2, 0) is 5.41 Å². The SMILES string of the molecule is CC(O)CCN(C)C(=O)NCC(C)(C)c1cccc(Cl)c1. The van der Waals surface area contributed by atoms with Crippen molar-refractivity contribution in [3.05, 3.63) is 34.9 Å². The minimum absolute atomic E-state index is 0.134. The minimum atomic E-state index is -0.400. The first-order valence-corrected chi connectivity index (χ1v) is 7.53. The highest BCUT2D eigenvalue weighted by Crippen LogP contribution is 2.24. The molecule has 0 aliphatic rings. The maximum Gasteiger partial charge on any atom is 0.317 e. The molecular formula is C16H25ClN2O2. The van der Waals surface area contributed by atoms with Crippen molar-refractivity contribution >= 4 is 17.6 Å². The number of urea groups is 1. The van der Waals surface area contributed by atoms with E-state index in [0.717, 1.165) is 5.56 Å². The number of aliphatic hydroxyl groups excluding tert-OH is 1. The van der Waals surface area contributed by atoms with Gasteiger partial charge in [-0.2, -0.15) is 0 Å². The van der Waals surface area contributed by atoms with E-state index >= 15 is 0 Å². The van der Waals surface area contributed by atoms with E-state index in [0.29, 0.717) is 24.5 Å². The number of halogens is 1. The summed E-state index contributed by atoms with van der Waals surface area (Å²) in [6.07, 6.45) is 0.171. The maximum absolute atomic E-state index is 12.0. The summed E-state index contributed by atoms with van der Waals surface area (Å²) in [5.41, 5.74) is 0.882. The normalized spacial score (nSPS) is 12.9. The van der Waals surface area contributed by atoms with Gasteiger partial charge in [-0.05, 0) is 31.0 Å². The van der Waals surface area contributed by atoms with Gasteiger partial charge in [0.25, 0.3) is 0 Å². The average molecular weight is 313 g/mol. The fourth-order valence-electron chi connectivity index (χ4n) is 1.93. The van der Waals surface area contributed by atoms with Crippen LogP contribution in [0.4, 0.5) is 4.79 Å². The van der Waals surface area contributed by atoms with Crippen molar-refractivity contribution < 1.29 is 9.90 Å². The molecule has 1 atom stereocenters. The van der Waals surface area contributed by atoms with Crippen molar-refractivity contribution in [1.29, 1.82) is 0 Å². The molecule has 1 rings (SSSR count). The van der Waals surface area contributed by atoms with Crippen LogP contribution < -0.4 is 5.32 Å². The standard InChI is InChI=1S/C16H25ClN2O2/c1-12(20)8-9-19(4)15(21)18-11-16(2,3)13-6-5-7-14(17)10-13/h5-7,10,12,20H,8-9,11H2,1-4H3,(H,18,21). The summed E-state index contributed by atoms with van der Waals surface area (Å²) in [6, 6.07) is 7.55. The smallest absolute Gasteiger partial charge is 0.317 e. The Morgan fingerprint density at radius 3 is 2.71 bits per heavy atom. The highest BCUT2D eigenvalue weighted by atomic mass is 35.5. The summed E-state index contributed by atoms with van der Waals surface area (Å²) >= 11 is 6.02. The van der Waals surface area contributed by atoms with E-state index in [4.69, 9.17) is 11.6 Å². The number of hydrogen-bond donors (Lipinski definition) is 2. The number of benzene rings is 1. The zero-order valence-corrected chi connectivity index (χ0v) is 13.9. The monoisotopic (exact) mass is 312 g/mol. The van der Waals surface area contributed by atoms with E-state index in [2.05, 4.69) is 19.2 Å². The third-order valence-electron chi connectivity index (χ3n) is 3.52. The summed E-state index contributed by atoms with van der Waals surface area (Å²) in [7, 11) is 1.73. The Bertz CT molecular complexity index is 475. The van der Waals surface area contributed by atoms with Crippen molar-refractivity contribution in [3.63, 3.8) is 0 Å². The van der Waals surface area contributed by atoms with Gasteiger partial charge >= 0.3 is 6.03 Å². The zero-order chi connectivity index (χ0) is 16.0. The molecule has 2 N–H and O–H groups in total. The Morgan fingerprint density at radius 2 is 2.14 bits per heavy atom. The van der Waals surface area contributed by atoms with Gasteiger partial charge in [0.2, 0.25) is 0 Å². The van der Waals surface area contributed by atoms with Crippen LogP contribution in [0.2, 0.25) is 5.02 Å². The Balaban J connectivity index is 2.55. The van der Waals surface area contributed by atoms with E-state index in [1.807, 2.05) is 24.3 Å². The predicted octanol–water partition coefficient (Wildman–Crippen LogP) is 3.03. The predicted molar refractivity (Wildman–Crippen MR) is 86.8 cm³/mol. The molecule has 4 nitrogen and oxygen atoms in total. The van der Waals surface area contributed by atoms with Crippen LogP contribution in [0, 0.1) is 0 Å². The molecule has 1 aromatic rings. The van der Waals surface area contributed by atoms with Crippen LogP contribution >= 0.6 is 11.6 Å². The molecule has 0 aliphatic carbocycles. The van der Waals surface area contributed by atoms with E-state index in [1.165, 1.54) is 0 Å². The van der Waals surface area contributed by atoms with Crippen LogP contribution in [-0.4, -0.2) is 42.3 Å². The molecule has 21 heavy (non-hydrogen) atoms. The Morgan fingerprint density at radius 1 is 1.48 bits per heavy atom. The van der Waals surface area contributed by atoms with Crippen molar-refractivity contribution in [3.8, 4) is 0 Å². The van der Waals surface area contributed by atoms with Gasteiger partial charge in [-0.15, -0.1) is 0 Å². The van der Waals surface area contributed by atoms with Gasteiger partial charge in [-0.1, -0.05) is 37.6 Å². The molecule has 0 saturated heterocycles. The van der Waals surface area contributed by atoms with Crippen molar-refractivity contribution in [2.24, 2.45) is 0 Å². The molecule has 0 aromatic heterocycles. The summed E-state index contributed by atoms with van der Waals surface area (Å²) < 4.78 is 0. The fourth-order valence-corrected chi connectivity index (χ4v) is 2.12. The molecule has 2 amide bonds. The molecule has 0 saturated carbocycles. The molecule has 118 valence electrons. The summed E-state index contributed by atoms with van der Waals surface area (Å²) in [5, 5.41) is 12.9. The molecule has 0 bridgehead atoms. The highest BCUT2D eigenvalue weighted by molar-refractivity contribution is 6.30. The Labute approximate surface area is 132 Å². The fraction of sp³-hybridized carbons (Fsp3) is 0.562. The molecule has 5 heteroatoms.